The molecule has 1 aliphatic rings. The minimum absolute atomic E-state index is 0.0517. The van der Waals surface area contributed by atoms with Gasteiger partial charge in [0.2, 0.25) is 5.91 Å². The first-order chi connectivity index (χ1) is 13.0. The number of anilines is 1. The fraction of sp³-hybridized carbons (Fsp3) is 0.435. The zero-order chi connectivity index (χ0) is 19.2. The molecule has 3 N–H and O–H groups in total. The van der Waals surface area contributed by atoms with Crippen LogP contribution in [0.4, 0.5) is 5.69 Å². The Hall–Kier alpha value is -2.17. The maximum atomic E-state index is 12.6. The lowest BCUT2D eigenvalue weighted by molar-refractivity contribution is -0.120. The van der Waals surface area contributed by atoms with Crippen molar-refractivity contribution in [1.82, 2.24) is 4.90 Å². The molecule has 144 valence electrons. The number of benzene rings is 2. The summed E-state index contributed by atoms with van der Waals surface area (Å²) >= 11 is 0. The van der Waals surface area contributed by atoms with E-state index in [9.17, 15) is 4.79 Å². The average Bonchev–Trinajstić information content (AvgIpc) is 2.70. The van der Waals surface area contributed by atoms with E-state index in [4.69, 9.17) is 5.73 Å². The number of nitrogens with two attached hydrogens (primary N) is 1. The van der Waals surface area contributed by atoms with Crippen LogP contribution in [0.25, 0.3) is 0 Å². The predicted molar refractivity (Wildman–Crippen MR) is 111 cm³/mol. The van der Waals surface area contributed by atoms with E-state index in [0.29, 0.717) is 0 Å². The van der Waals surface area contributed by atoms with Crippen molar-refractivity contribution in [3.05, 3.63) is 65.7 Å². The summed E-state index contributed by atoms with van der Waals surface area (Å²) in [6, 6.07) is 17.6. The molecule has 2 aromatic rings. The number of hydrogen-bond acceptors (Lipinski definition) is 3. The number of nitrogens with one attached hydrogen (secondary N) is 1. The van der Waals surface area contributed by atoms with Crippen LogP contribution in [0.1, 0.15) is 43.9 Å². The highest BCUT2D eigenvalue weighted by atomic mass is 16.1. The fourth-order valence-corrected chi connectivity index (χ4v) is 3.55. The summed E-state index contributed by atoms with van der Waals surface area (Å²) in [4.78, 5) is 15.1. The summed E-state index contributed by atoms with van der Waals surface area (Å²) in [7, 11) is 0. The van der Waals surface area contributed by atoms with Gasteiger partial charge in [0.25, 0.3) is 0 Å². The third-order valence-electron chi connectivity index (χ3n) is 5.64. The van der Waals surface area contributed by atoms with Gasteiger partial charge in [0, 0.05) is 18.3 Å². The number of likely N-dealkylation sites (tertiary alicyclic amines) is 1. The summed E-state index contributed by atoms with van der Waals surface area (Å²) in [5.41, 5.74) is 9.35. The molecule has 2 unspecified atom stereocenters. The number of piperidine rings is 1. The van der Waals surface area contributed by atoms with Crippen molar-refractivity contribution in [2.45, 2.75) is 39.3 Å². The highest BCUT2D eigenvalue weighted by Crippen LogP contribution is 2.22. The van der Waals surface area contributed by atoms with Crippen molar-refractivity contribution in [1.29, 1.82) is 0 Å². The molecule has 3 rings (SSSR count). The van der Waals surface area contributed by atoms with E-state index in [1.54, 1.807) is 0 Å². The van der Waals surface area contributed by atoms with Crippen LogP contribution in [0.15, 0.2) is 54.6 Å². The van der Waals surface area contributed by atoms with Crippen LogP contribution in [0, 0.1) is 11.8 Å². The average molecular weight is 366 g/mol. The van der Waals surface area contributed by atoms with Gasteiger partial charge in [-0.2, -0.15) is 0 Å². The molecule has 4 nitrogen and oxygen atoms in total. The van der Waals surface area contributed by atoms with Crippen molar-refractivity contribution in [3.8, 4) is 0 Å². The van der Waals surface area contributed by atoms with E-state index in [2.05, 4.69) is 29.3 Å². The SMILES string of the molecule is CC1CCN(Cc2ccc(NC(=O)C(C)C(N)c3ccccc3)cc2)CC1. The van der Waals surface area contributed by atoms with Crippen molar-refractivity contribution in [2.24, 2.45) is 17.6 Å². The van der Waals surface area contributed by atoms with Gasteiger partial charge in [-0.25, -0.2) is 0 Å². The first kappa shape index (κ1) is 19.6. The van der Waals surface area contributed by atoms with Gasteiger partial charge in [-0.3, -0.25) is 9.69 Å². The topological polar surface area (TPSA) is 58.4 Å². The van der Waals surface area contributed by atoms with Gasteiger partial charge < -0.3 is 11.1 Å². The van der Waals surface area contributed by atoms with E-state index in [1.807, 2.05) is 49.4 Å². The zero-order valence-corrected chi connectivity index (χ0v) is 16.4. The standard InChI is InChI=1S/C23H31N3O/c1-17-12-14-26(15-13-17)16-19-8-10-21(11-9-19)25-23(27)18(2)22(24)20-6-4-3-5-7-20/h3-11,17-18,22H,12-16,24H2,1-2H3,(H,25,27). The summed E-state index contributed by atoms with van der Waals surface area (Å²) < 4.78 is 0. The minimum Gasteiger partial charge on any atom is -0.326 e. The summed E-state index contributed by atoms with van der Waals surface area (Å²) in [5, 5.41) is 3.00. The molecule has 1 amide bonds. The highest BCUT2D eigenvalue weighted by Gasteiger charge is 2.22. The first-order valence-corrected chi connectivity index (χ1v) is 9.95. The highest BCUT2D eigenvalue weighted by molar-refractivity contribution is 5.92. The second kappa shape index (κ2) is 9.16. The molecule has 0 spiro atoms. The molecule has 0 aromatic heterocycles. The van der Waals surface area contributed by atoms with Crippen LogP contribution >= 0.6 is 0 Å². The second-order valence-corrected chi connectivity index (χ2v) is 7.87. The Labute approximate surface area is 162 Å². The van der Waals surface area contributed by atoms with E-state index < -0.39 is 0 Å². The van der Waals surface area contributed by atoms with Gasteiger partial charge >= 0.3 is 0 Å². The summed E-state index contributed by atoms with van der Waals surface area (Å²) in [6.07, 6.45) is 2.57. The molecule has 0 radical (unpaired) electrons. The number of amides is 1. The van der Waals surface area contributed by atoms with Gasteiger partial charge in [0.15, 0.2) is 0 Å². The summed E-state index contributed by atoms with van der Waals surface area (Å²) in [5.74, 6) is 0.495. The van der Waals surface area contributed by atoms with E-state index in [1.165, 1.54) is 31.5 Å². The van der Waals surface area contributed by atoms with Crippen LogP contribution < -0.4 is 11.1 Å². The largest absolute Gasteiger partial charge is 0.326 e. The molecule has 1 aliphatic heterocycles. The van der Waals surface area contributed by atoms with Crippen molar-refractivity contribution in [3.63, 3.8) is 0 Å². The molecule has 27 heavy (non-hydrogen) atoms. The Morgan fingerprint density at radius 3 is 2.37 bits per heavy atom. The van der Waals surface area contributed by atoms with Crippen molar-refractivity contribution in [2.75, 3.05) is 18.4 Å². The van der Waals surface area contributed by atoms with Crippen LogP contribution in [-0.2, 0) is 11.3 Å². The minimum atomic E-state index is -0.313. The molecule has 1 saturated heterocycles. The fourth-order valence-electron chi connectivity index (χ4n) is 3.55. The van der Waals surface area contributed by atoms with Crippen molar-refractivity contribution >= 4 is 11.6 Å². The van der Waals surface area contributed by atoms with Crippen LogP contribution in [0.3, 0.4) is 0 Å². The van der Waals surface area contributed by atoms with Gasteiger partial charge in [-0.05, 0) is 55.1 Å². The number of carbonyl (C=O) groups excluding carboxylic acids is 1. The summed E-state index contributed by atoms with van der Waals surface area (Å²) in [6.45, 7) is 7.54. The number of rotatable bonds is 6. The Morgan fingerprint density at radius 1 is 1.11 bits per heavy atom. The molecule has 1 fully saturated rings. The number of nitrogens with zero attached hydrogens (tertiary/aromatic N) is 1. The second-order valence-electron chi connectivity index (χ2n) is 7.87. The van der Waals surface area contributed by atoms with Crippen LogP contribution in [-0.4, -0.2) is 23.9 Å². The number of carbonyl (C=O) groups is 1. The first-order valence-electron chi connectivity index (χ1n) is 9.95. The molecule has 1 heterocycles. The molecule has 0 aliphatic carbocycles. The van der Waals surface area contributed by atoms with Crippen molar-refractivity contribution < 1.29 is 4.79 Å². The van der Waals surface area contributed by atoms with Crippen LogP contribution in [0.5, 0.6) is 0 Å². The molecular weight excluding hydrogens is 334 g/mol. The Balaban J connectivity index is 1.53. The lowest BCUT2D eigenvalue weighted by atomic mass is 9.94. The monoisotopic (exact) mass is 365 g/mol. The lowest BCUT2D eigenvalue weighted by Gasteiger charge is -2.30. The zero-order valence-electron chi connectivity index (χ0n) is 16.4. The molecule has 2 aromatic carbocycles. The van der Waals surface area contributed by atoms with Gasteiger partial charge in [0.05, 0.1) is 5.92 Å². The Bertz CT molecular complexity index is 721. The smallest absolute Gasteiger partial charge is 0.229 e. The normalized spacial score (nSPS) is 18.0. The van der Waals surface area contributed by atoms with Gasteiger partial charge in [0.1, 0.15) is 0 Å². The molecular formula is C23H31N3O. The third-order valence-corrected chi connectivity index (χ3v) is 5.64. The van der Waals surface area contributed by atoms with E-state index >= 15 is 0 Å². The molecule has 0 saturated carbocycles. The third kappa shape index (κ3) is 5.41. The van der Waals surface area contributed by atoms with Gasteiger partial charge in [-0.15, -0.1) is 0 Å². The van der Waals surface area contributed by atoms with E-state index in [0.717, 1.165) is 23.7 Å². The predicted octanol–water partition coefficient (Wildman–Crippen LogP) is 4.19. The Morgan fingerprint density at radius 2 is 1.74 bits per heavy atom. The number of hydrogen-bond donors (Lipinski definition) is 2. The quantitative estimate of drug-likeness (QED) is 0.807. The molecule has 4 heteroatoms. The van der Waals surface area contributed by atoms with Gasteiger partial charge in [-0.1, -0.05) is 56.3 Å². The van der Waals surface area contributed by atoms with Crippen LogP contribution in [0.2, 0.25) is 0 Å². The lowest BCUT2D eigenvalue weighted by Crippen LogP contribution is -2.32. The maximum absolute atomic E-state index is 12.6. The molecule has 2 atom stereocenters. The Kier molecular flexibility index (Phi) is 6.64. The maximum Gasteiger partial charge on any atom is 0.229 e. The molecule has 0 bridgehead atoms. The van der Waals surface area contributed by atoms with E-state index in [-0.39, 0.29) is 17.9 Å².